The van der Waals surface area contributed by atoms with Crippen LogP contribution in [0.25, 0.3) is 0 Å². The Labute approximate surface area is 153 Å². The second kappa shape index (κ2) is 8.34. The van der Waals surface area contributed by atoms with E-state index in [0.29, 0.717) is 18.8 Å². The first kappa shape index (κ1) is 18.4. The Morgan fingerprint density at radius 2 is 1.88 bits per heavy atom. The van der Waals surface area contributed by atoms with Crippen LogP contribution in [-0.4, -0.2) is 40.6 Å². The minimum atomic E-state index is -1.01. The van der Waals surface area contributed by atoms with Gasteiger partial charge in [0, 0.05) is 5.92 Å². The molecule has 2 fully saturated rings. The molecule has 0 aromatic heterocycles. The summed E-state index contributed by atoms with van der Waals surface area (Å²) in [4.78, 5) is 37.7. The van der Waals surface area contributed by atoms with Crippen LogP contribution >= 0.6 is 0 Å². The highest BCUT2D eigenvalue weighted by molar-refractivity contribution is 5.96. The van der Waals surface area contributed by atoms with Crippen molar-refractivity contribution >= 4 is 18.0 Å². The van der Waals surface area contributed by atoms with Crippen LogP contribution in [0.3, 0.4) is 0 Å². The van der Waals surface area contributed by atoms with E-state index < -0.39 is 23.9 Å². The summed E-state index contributed by atoms with van der Waals surface area (Å²) >= 11 is 0. The van der Waals surface area contributed by atoms with Crippen molar-refractivity contribution < 1.29 is 24.2 Å². The lowest BCUT2D eigenvalue weighted by Gasteiger charge is -2.25. The van der Waals surface area contributed by atoms with Crippen LogP contribution in [0.1, 0.15) is 44.1 Å². The molecule has 1 aromatic carbocycles. The van der Waals surface area contributed by atoms with E-state index in [9.17, 15) is 19.5 Å². The number of nitrogens with zero attached hydrogens (tertiary/aromatic N) is 1. The summed E-state index contributed by atoms with van der Waals surface area (Å²) in [5, 5.41) is 9.23. The molecule has 140 valence electrons. The summed E-state index contributed by atoms with van der Waals surface area (Å²) in [6, 6.07) is 9.24. The minimum Gasteiger partial charge on any atom is -0.481 e. The van der Waals surface area contributed by atoms with Gasteiger partial charge in [-0.25, -0.2) is 9.69 Å². The predicted octanol–water partition coefficient (Wildman–Crippen LogP) is 3.25. The fourth-order valence-corrected chi connectivity index (χ4v) is 4.09. The molecule has 6 heteroatoms. The number of carbonyl (C=O) groups is 3. The number of rotatable bonds is 7. The van der Waals surface area contributed by atoms with Gasteiger partial charge in [-0.2, -0.15) is 0 Å². The van der Waals surface area contributed by atoms with Crippen molar-refractivity contribution in [3.05, 3.63) is 35.9 Å². The van der Waals surface area contributed by atoms with Crippen molar-refractivity contribution in [1.29, 1.82) is 0 Å². The van der Waals surface area contributed by atoms with E-state index in [1.807, 2.05) is 30.3 Å². The molecule has 0 bridgehead atoms. The van der Waals surface area contributed by atoms with E-state index in [-0.39, 0.29) is 19.1 Å². The number of carboxylic acids is 1. The molecule has 1 heterocycles. The number of cyclic esters (lactones) is 1. The van der Waals surface area contributed by atoms with Crippen molar-refractivity contribution in [2.24, 2.45) is 11.8 Å². The molecular weight excluding hydrogens is 334 g/mol. The molecule has 2 atom stereocenters. The van der Waals surface area contributed by atoms with Crippen LogP contribution in [0.2, 0.25) is 0 Å². The summed E-state index contributed by atoms with van der Waals surface area (Å²) in [5.41, 5.74) is 1.01. The Hall–Kier alpha value is -2.37. The Kier molecular flexibility index (Phi) is 5.91. The second-order valence-corrected chi connectivity index (χ2v) is 7.31. The minimum absolute atomic E-state index is 0.155. The zero-order valence-electron chi connectivity index (χ0n) is 14.8. The molecule has 1 aliphatic heterocycles. The van der Waals surface area contributed by atoms with Gasteiger partial charge in [0.25, 0.3) is 0 Å². The van der Waals surface area contributed by atoms with Crippen molar-refractivity contribution in [2.75, 3.05) is 6.61 Å². The predicted molar refractivity (Wildman–Crippen MR) is 94.4 cm³/mol. The summed E-state index contributed by atoms with van der Waals surface area (Å²) in [6.07, 6.45) is 4.47. The molecule has 26 heavy (non-hydrogen) atoms. The van der Waals surface area contributed by atoms with Crippen molar-refractivity contribution in [1.82, 2.24) is 4.90 Å². The van der Waals surface area contributed by atoms with Gasteiger partial charge in [-0.05, 0) is 24.3 Å². The summed E-state index contributed by atoms with van der Waals surface area (Å²) in [7, 11) is 0. The first-order chi connectivity index (χ1) is 12.5. The van der Waals surface area contributed by atoms with E-state index in [1.165, 1.54) is 0 Å². The lowest BCUT2D eigenvalue weighted by molar-refractivity contribution is -0.144. The zero-order chi connectivity index (χ0) is 18.5. The maximum absolute atomic E-state index is 13.0. The number of carboxylic acid groups (broad SMARTS) is 1. The standard InChI is InChI=1S/C20H25NO5/c22-18(23)12-16(10-14-8-4-5-9-14)19(24)21-17(13-26-20(21)25)11-15-6-2-1-3-7-15/h1-3,6-7,14,16-17H,4-5,8-13H2,(H,22,23)/t16?,17-/m0/s1. The van der Waals surface area contributed by atoms with Crippen molar-refractivity contribution in [3.63, 3.8) is 0 Å². The molecule has 2 amide bonds. The molecule has 1 unspecified atom stereocenters. The number of benzene rings is 1. The molecular formula is C20H25NO5. The van der Waals surface area contributed by atoms with Gasteiger partial charge in [0.1, 0.15) is 6.61 Å². The Bertz CT molecular complexity index is 653. The number of imide groups is 1. The van der Waals surface area contributed by atoms with Crippen LogP contribution in [0, 0.1) is 11.8 Å². The molecule has 6 nitrogen and oxygen atoms in total. The number of hydrogen-bond acceptors (Lipinski definition) is 4. The second-order valence-electron chi connectivity index (χ2n) is 7.31. The summed E-state index contributed by atoms with van der Waals surface area (Å²) < 4.78 is 5.12. The monoisotopic (exact) mass is 359 g/mol. The number of carbonyl (C=O) groups excluding carboxylic acids is 2. The molecule has 0 spiro atoms. The highest BCUT2D eigenvalue weighted by atomic mass is 16.6. The summed E-state index contributed by atoms with van der Waals surface area (Å²) in [5.74, 6) is -1.70. The topological polar surface area (TPSA) is 83.9 Å². The molecule has 0 radical (unpaired) electrons. The third-order valence-corrected chi connectivity index (χ3v) is 5.38. The normalized spacial score (nSPS) is 21.6. The van der Waals surface area contributed by atoms with Gasteiger partial charge in [-0.3, -0.25) is 9.59 Å². The lowest BCUT2D eigenvalue weighted by atomic mass is 9.89. The van der Waals surface area contributed by atoms with Gasteiger partial charge >= 0.3 is 12.1 Å². The zero-order valence-corrected chi connectivity index (χ0v) is 14.8. The molecule has 1 saturated heterocycles. The number of hydrogen-bond donors (Lipinski definition) is 1. The van der Waals surface area contributed by atoms with Crippen molar-refractivity contribution in [2.45, 2.75) is 51.0 Å². The van der Waals surface area contributed by atoms with E-state index >= 15 is 0 Å². The molecule has 1 N–H and O–H groups in total. The van der Waals surface area contributed by atoms with Crippen LogP contribution in [0.4, 0.5) is 4.79 Å². The molecule has 1 saturated carbocycles. The SMILES string of the molecule is O=C(O)CC(CC1CCCC1)C(=O)N1C(=O)OC[C@@H]1Cc1ccccc1. The Morgan fingerprint density at radius 1 is 1.19 bits per heavy atom. The quantitative estimate of drug-likeness (QED) is 0.808. The first-order valence-electron chi connectivity index (χ1n) is 9.30. The van der Waals surface area contributed by atoms with Gasteiger partial charge in [-0.1, -0.05) is 56.0 Å². The molecule has 1 aromatic rings. The number of aliphatic carboxylic acids is 1. The fraction of sp³-hybridized carbons (Fsp3) is 0.550. The van der Waals surface area contributed by atoms with Gasteiger partial charge in [-0.15, -0.1) is 0 Å². The first-order valence-corrected chi connectivity index (χ1v) is 9.30. The average Bonchev–Trinajstić information content (AvgIpc) is 3.24. The largest absolute Gasteiger partial charge is 0.481 e. The maximum atomic E-state index is 13.0. The van der Waals surface area contributed by atoms with E-state index in [0.717, 1.165) is 36.1 Å². The van der Waals surface area contributed by atoms with Crippen molar-refractivity contribution in [3.8, 4) is 0 Å². The smallest absolute Gasteiger partial charge is 0.416 e. The van der Waals surface area contributed by atoms with Gasteiger partial charge in [0.15, 0.2) is 0 Å². The van der Waals surface area contributed by atoms with Crippen LogP contribution in [0.15, 0.2) is 30.3 Å². The van der Waals surface area contributed by atoms with E-state index in [2.05, 4.69) is 0 Å². The Balaban J connectivity index is 1.73. The van der Waals surface area contributed by atoms with Crippen LogP contribution < -0.4 is 0 Å². The molecule has 3 rings (SSSR count). The van der Waals surface area contributed by atoms with Gasteiger partial charge < -0.3 is 9.84 Å². The highest BCUT2D eigenvalue weighted by Crippen LogP contribution is 2.33. The summed E-state index contributed by atoms with van der Waals surface area (Å²) in [6.45, 7) is 0.155. The lowest BCUT2D eigenvalue weighted by Crippen LogP contribution is -2.44. The van der Waals surface area contributed by atoms with E-state index in [1.54, 1.807) is 0 Å². The molecule has 1 aliphatic carbocycles. The van der Waals surface area contributed by atoms with Gasteiger partial charge in [0.05, 0.1) is 12.5 Å². The van der Waals surface area contributed by atoms with Crippen LogP contribution in [0.5, 0.6) is 0 Å². The average molecular weight is 359 g/mol. The number of amides is 2. The third kappa shape index (κ3) is 4.42. The third-order valence-electron chi connectivity index (χ3n) is 5.38. The highest BCUT2D eigenvalue weighted by Gasteiger charge is 2.41. The number of ether oxygens (including phenoxy) is 1. The van der Waals surface area contributed by atoms with Crippen LogP contribution in [-0.2, 0) is 20.7 Å². The Morgan fingerprint density at radius 3 is 2.54 bits per heavy atom. The van der Waals surface area contributed by atoms with Gasteiger partial charge in [0.2, 0.25) is 5.91 Å². The fourth-order valence-electron chi connectivity index (χ4n) is 4.09. The van der Waals surface area contributed by atoms with E-state index in [4.69, 9.17) is 4.74 Å². The molecule has 2 aliphatic rings. The maximum Gasteiger partial charge on any atom is 0.416 e.